The number of aryl methyl sites for hydroxylation is 1. The van der Waals surface area contributed by atoms with E-state index in [0.717, 1.165) is 22.8 Å². The topological polar surface area (TPSA) is 48.1 Å². The van der Waals surface area contributed by atoms with Crippen LogP contribution in [0.5, 0.6) is 11.5 Å². The van der Waals surface area contributed by atoms with Gasteiger partial charge in [-0.3, -0.25) is 0 Å². The van der Waals surface area contributed by atoms with Gasteiger partial charge in [-0.25, -0.2) is 4.98 Å². The van der Waals surface area contributed by atoms with Crippen molar-refractivity contribution in [3.63, 3.8) is 0 Å². The third kappa shape index (κ3) is 2.88. The molecule has 4 heteroatoms. The number of hydrogen-bond donors (Lipinski definition) is 1. The van der Waals surface area contributed by atoms with Gasteiger partial charge >= 0.3 is 0 Å². The Hall–Kier alpha value is -1.74. The standard InChI is InChI=1S/C13H13ClN2O/c1-2-9-7-10(3-5-12(9)14)17-11-4-6-13(15)16-8-11/h3-8H,2H2,1H3,(H2,15,16). The Morgan fingerprint density at radius 1 is 1.24 bits per heavy atom. The summed E-state index contributed by atoms with van der Waals surface area (Å²) in [5.41, 5.74) is 6.56. The van der Waals surface area contributed by atoms with E-state index in [1.165, 1.54) is 0 Å². The molecular weight excluding hydrogens is 236 g/mol. The minimum absolute atomic E-state index is 0.475. The summed E-state index contributed by atoms with van der Waals surface area (Å²) in [4.78, 5) is 3.96. The summed E-state index contributed by atoms with van der Waals surface area (Å²) >= 11 is 6.04. The number of anilines is 1. The van der Waals surface area contributed by atoms with E-state index in [0.29, 0.717) is 11.6 Å². The summed E-state index contributed by atoms with van der Waals surface area (Å²) in [5.74, 6) is 1.88. The monoisotopic (exact) mass is 248 g/mol. The van der Waals surface area contributed by atoms with E-state index in [4.69, 9.17) is 22.1 Å². The lowest BCUT2D eigenvalue weighted by molar-refractivity contribution is 0.480. The van der Waals surface area contributed by atoms with Crippen molar-refractivity contribution in [2.75, 3.05) is 5.73 Å². The van der Waals surface area contributed by atoms with Crippen LogP contribution in [0.15, 0.2) is 36.5 Å². The molecule has 17 heavy (non-hydrogen) atoms. The van der Waals surface area contributed by atoms with E-state index in [1.54, 1.807) is 18.3 Å². The molecule has 0 saturated carbocycles. The molecule has 0 aliphatic rings. The van der Waals surface area contributed by atoms with Gasteiger partial charge in [0.25, 0.3) is 0 Å². The number of aromatic nitrogens is 1. The molecule has 1 aromatic heterocycles. The Labute approximate surface area is 105 Å². The summed E-state index contributed by atoms with van der Waals surface area (Å²) in [6, 6.07) is 9.07. The number of rotatable bonds is 3. The molecule has 1 aromatic carbocycles. The van der Waals surface area contributed by atoms with Crippen molar-refractivity contribution in [1.29, 1.82) is 0 Å². The van der Waals surface area contributed by atoms with Crippen LogP contribution in [0.3, 0.4) is 0 Å². The number of nitrogens with two attached hydrogens (primary N) is 1. The molecule has 0 saturated heterocycles. The van der Waals surface area contributed by atoms with Gasteiger partial charge in [0.1, 0.15) is 17.3 Å². The zero-order valence-electron chi connectivity index (χ0n) is 9.48. The van der Waals surface area contributed by atoms with Gasteiger partial charge in [0, 0.05) is 5.02 Å². The predicted molar refractivity (Wildman–Crippen MR) is 69.6 cm³/mol. The Balaban J connectivity index is 2.21. The first-order valence-corrected chi connectivity index (χ1v) is 5.74. The van der Waals surface area contributed by atoms with Crippen molar-refractivity contribution in [1.82, 2.24) is 4.98 Å². The average molecular weight is 249 g/mol. The highest BCUT2D eigenvalue weighted by molar-refractivity contribution is 6.31. The molecule has 2 aromatic rings. The van der Waals surface area contributed by atoms with Crippen LogP contribution in [0.4, 0.5) is 5.82 Å². The molecule has 1 heterocycles. The molecule has 0 bridgehead atoms. The molecule has 3 nitrogen and oxygen atoms in total. The zero-order chi connectivity index (χ0) is 12.3. The van der Waals surface area contributed by atoms with Gasteiger partial charge in [0.2, 0.25) is 0 Å². The molecule has 0 aliphatic heterocycles. The van der Waals surface area contributed by atoms with E-state index >= 15 is 0 Å². The minimum atomic E-state index is 0.475. The Morgan fingerprint density at radius 3 is 2.65 bits per heavy atom. The molecule has 2 N–H and O–H groups in total. The number of hydrogen-bond acceptors (Lipinski definition) is 3. The van der Waals surface area contributed by atoms with E-state index < -0.39 is 0 Å². The highest BCUT2D eigenvalue weighted by Crippen LogP contribution is 2.26. The molecule has 0 amide bonds. The molecule has 0 spiro atoms. The molecule has 2 rings (SSSR count). The first kappa shape index (κ1) is 11.7. The van der Waals surface area contributed by atoms with Crippen molar-refractivity contribution in [2.24, 2.45) is 0 Å². The minimum Gasteiger partial charge on any atom is -0.456 e. The van der Waals surface area contributed by atoms with Crippen LogP contribution in [-0.4, -0.2) is 4.98 Å². The van der Waals surface area contributed by atoms with Crippen LogP contribution in [0.1, 0.15) is 12.5 Å². The van der Waals surface area contributed by atoms with Gasteiger partial charge in [-0.1, -0.05) is 18.5 Å². The Bertz CT molecular complexity index is 511. The third-order valence-electron chi connectivity index (χ3n) is 2.39. The molecule has 0 radical (unpaired) electrons. The van der Waals surface area contributed by atoms with Crippen LogP contribution in [0.25, 0.3) is 0 Å². The molecular formula is C13H13ClN2O. The smallest absolute Gasteiger partial charge is 0.145 e. The zero-order valence-corrected chi connectivity index (χ0v) is 10.2. The van der Waals surface area contributed by atoms with E-state index in [-0.39, 0.29) is 0 Å². The first-order valence-electron chi connectivity index (χ1n) is 5.37. The van der Waals surface area contributed by atoms with Crippen molar-refractivity contribution in [2.45, 2.75) is 13.3 Å². The second-order valence-electron chi connectivity index (χ2n) is 3.63. The van der Waals surface area contributed by atoms with Gasteiger partial charge in [-0.15, -0.1) is 0 Å². The van der Waals surface area contributed by atoms with Crippen molar-refractivity contribution < 1.29 is 4.74 Å². The third-order valence-corrected chi connectivity index (χ3v) is 2.76. The lowest BCUT2D eigenvalue weighted by Crippen LogP contribution is -1.91. The quantitative estimate of drug-likeness (QED) is 0.902. The van der Waals surface area contributed by atoms with Gasteiger partial charge in [-0.05, 0) is 42.3 Å². The van der Waals surface area contributed by atoms with Gasteiger partial charge in [0.05, 0.1) is 6.20 Å². The van der Waals surface area contributed by atoms with E-state index in [2.05, 4.69) is 11.9 Å². The SMILES string of the molecule is CCc1cc(Oc2ccc(N)nc2)ccc1Cl. The molecule has 0 unspecified atom stereocenters. The maximum atomic E-state index is 6.04. The Kier molecular flexibility index (Phi) is 3.49. The predicted octanol–water partition coefficient (Wildman–Crippen LogP) is 3.67. The van der Waals surface area contributed by atoms with Gasteiger partial charge in [0.15, 0.2) is 0 Å². The number of nitrogens with zero attached hydrogens (tertiary/aromatic N) is 1. The largest absolute Gasteiger partial charge is 0.456 e. The fraction of sp³-hybridized carbons (Fsp3) is 0.154. The maximum Gasteiger partial charge on any atom is 0.145 e. The van der Waals surface area contributed by atoms with Crippen LogP contribution < -0.4 is 10.5 Å². The number of pyridine rings is 1. The number of nitrogen functional groups attached to an aromatic ring is 1. The van der Waals surface area contributed by atoms with Gasteiger partial charge in [-0.2, -0.15) is 0 Å². The second-order valence-corrected chi connectivity index (χ2v) is 4.03. The number of ether oxygens (including phenoxy) is 1. The highest BCUT2D eigenvalue weighted by Gasteiger charge is 2.02. The molecule has 0 atom stereocenters. The van der Waals surface area contributed by atoms with Crippen molar-refractivity contribution >= 4 is 17.4 Å². The summed E-state index contributed by atoms with van der Waals surface area (Å²) < 4.78 is 5.65. The van der Waals surface area contributed by atoms with Crippen molar-refractivity contribution in [3.05, 3.63) is 47.1 Å². The Morgan fingerprint density at radius 2 is 2.00 bits per heavy atom. The summed E-state index contributed by atoms with van der Waals surface area (Å²) in [7, 11) is 0. The second kappa shape index (κ2) is 5.06. The van der Waals surface area contributed by atoms with Crippen molar-refractivity contribution in [3.8, 4) is 11.5 Å². The fourth-order valence-corrected chi connectivity index (χ4v) is 1.72. The number of benzene rings is 1. The average Bonchev–Trinajstić information content (AvgIpc) is 2.34. The summed E-state index contributed by atoms with van der Waals surface area (Å²) in [5, 5.41) is 0.760. The first-order chi connectivity index (χ1) is 8.19. The van der Waals surface area contributed by atoms with E-state index in [1.807, 2.05) is 18.2 Å². The van der Waals surface area contributed by atoms with Crippen LogP contribution in [-0.2, 0) is 6.42 Å². The van der Waals surface area contributed by atoms with Crippen LogP contribution >= 0.6 is 11.6 Å². The maximum absolute atomic E-state index is 6.04. The van der Waals surface area contributed by atoms with Gasteiger partial charge < -0.3 is 10.5 Å². The summed E-state index contributed by atoms with van der Waals surface area (Å²) in [6.07, 6.45) is 2.46. The molecule has 0 fully saturated rings. The number of halogens is 1. The highest BCUT2D eigenvalue weighted by atomic mass is 35.5. The summed E-state index contributed by atoms with van der Waals surface area (Å²) in [6.45, 7) is 2.05. The van der Waals surface area contributed by atoms with E-state index in [9.17, 15) is 0 Å². The fourth-order valence-electron chi connectivity index (χ4n) is 1.47. The molecule has 88 valence electrons. The lowest BCUT2D eigenvalue weighted by Gasteiger charge is -2.08. The lowest BCUT2D eigenvalue weighted by atomic mass is 10.1. The van der Waals surface area contributed by atoms with Crippen LogP contribution in [0, 0.1) is 0 Å². The molecule has 0 aliphatic carbocycles. The van der Waals surface area contributed by atoms with Crippen LogP contribution in [0.2, 0.25) is 5.02 Å². The normalized spacial score (nSPS) is 10.2.